The van der Waals surface area contributed by atoms with Crippen LogP contribution in [0.25, 0.3) is 0 Å². The summed E-state index contributed by atoms with van der Waals surface area (Å²) >= 11 is 1.39. The topological polar surface area (TPSA) is 76.7 Å². The zero-order valence-electron chi connectivity index (χ0n) is 15.0. The first-order chi connectivity index (χ1) is 13.6. The van der Waals surface area contributed by atoms with Gasteiger partial charge in [0.25, 0.3) is 0 Å². The second-order valence-electron chi connectivity index (χ2n) is 6.56. The second kappa shape index (κ2) is 8.20. The maximum Gasteiger partial charge on any atom is 0.238 e. The molecule has 0 radical (unpaired) electrons. The summed E-state index contributed by atoms with van der Waals surface area (Å²) in [6.07, 6.45) is 0.509. The highest BCUT2D eigenvalue weighted by atomic mass is 32.2. The van der Waals surface area contributed by atoms with Gasteiger partial charge >= 0.3 is 0 Å². The van der Waals surface area contributed by atoms with Crippen molar-refractivity contribution in [3.63, 3.8) is 0 Å². The molecule has 0 saturated carbocycles. The first kappa shape index (κ1) is 18.8. The van der Waals surface area contributed by atoms with E-state index in [1.54, 1.807) is 0 Å². The number of amides is 2. The van der Waals surface area contributed by atoms with Crippen molar-refractivity contribution in [1.29, 1.82) is 0 Å². The Bertz CT molecular complexity index is 921. The van der Waals surface area contributed by atoms with Crippen LogP contribution < -0.4 is 15.4 Å². The van der Waals surface area contributed by atoms with Crippen molar-refractivity contribution in [2.45, 2.75) is 29.6 Å². The smallest absolute Gasteiger partial charge is 0.238 e. The van der Waals surface area contributed by atoms with Gasteiger partial charge in [0, 0.05) is 23.4 Å². The molecule has 2 aromatic carbocycles. The van der Waals surface area contributed by atoms with Gasteiger partial charge in [0.15, 0.2) is 6.79 Å². The number of ether oxygens (including phenoxy) is 2. The minimum absolute atomic E-state index is 0.0798. The molecular weight excluding hydrogens is 383 g/mol. The Balaban J connectivity index is 1.32. The molecule has 6 nitrogen and oxygen atoms in total. The standard InChI is InChI=1S/C20H19FN2O4S/c21-14-7-12(19-13(8-14)10-26-11-27-19)5-6-22-18(24)9-17-20(25)23-15-3-1-2-4-16(15)28-17/h1-4,7-8,17H,5-6,9-11H2,(H,22,24)(H,23,25). The van der Waals surface area contributed by atoms with Gasteiger partial charge in [-0.25, -0.2) is 4.39 Å². The number of fused-ring (bicyclic) bond motifs is 2. The highest BCUT2D eigenvalue weighted by molar-refractivity contribution is 8.01. The summed E-state index contributed by atoms with van der Waals surface area (Å²) in [7, 11) is 0. The molecule has 28 heavy (non-hydrogen) atoms. The molecule has 146 valence electrons. The average molecular weight is 402 g/mol. The number of thioether (sulfide) groups is 1. The van der Waals surface area contributed by atoms with E-state index in [1.165, 1.54) is 23.9 Å². The molecule has 4 rings (SSSR count). The molecule has 0 aliphatic carbocycles. The number of carbonyl (C=O) groups excluding carboxylic acids is 2. The Labute approximate surface area is 165 Å². The van der Waals surface area contributed by atoms with Crippen molar-refractivity contribution in [3.05, 3.63) is 53.3 Å². The molecule has 0 fully saturated rings. The van der Waals surface area contributed by atoms with Crippen LogP contribution in [0.4, 0.5) is 10.1 Å². The number of benzene rings is 2. The van der Waals surface area contributed by atoms with E-state index in [2.05, 4.69) is 10.6 Å². The van der Waals surface area contributed by atoms with Crippen molar-refractivity contribution in [1.82, 2.24) is 5.32 Å². The second-order valence-corrected chi connectivity index (χ2v) is 7.80. The number of hydrogen-bond acceptors (Lipinski definition) is 5. The van der Waals surface area contributed by atoms with Gasteiger partial charge in [0.05, 0.1) is 17.5 Å². The summed E-state index contributed by atoms with van der Waals surface area (Å²) in [5.41, 5.74) is 2.13. The Hall–Kier alpha value is -2.58. The van der Waals surface area contributed by atoms with Crippen LogP contribution in [0.3, 0.4) is 0 Å². The van der Waals surface area contributed by atoms with E-state index < -0.39 is 5.25 Å². The van der Waals surface area contributed by atoms with Crippen LogP contribution in [0.1, 0.15) is 17.5 Å². The van der Waals surface area contributed by atoms with Gasteiger partial charge < -0.3 is 20.1 Å². The quantitative estimate of drug-likeness (QED) is 0.804. The number of hydrogen-bond donors (Lipinski definition) is 2. The molecule has 2 heterocycles. The lowest BCUT2D eigenvalue weighted by Gasteiger charge is -2.23. The maximum atomic E-state index is 13.8. The van der Waals surface area contributed by atoms with Crippen molar-refractivity contribution >= 4 is 29.3 Å². The molecular formula is C20H19FN2O4S. The Morgan fingerprint density at radius 2 is 2.18 bits per heavy atom. The Morgan fingerprint density at radius 3 is 3.07 bits per heavy atom. The van der Waals surface area contributed by atoms with Crippen LogP contribution in [0.15, 0.2) is 41.3 Å². The molecule has 2 amide bonds. The van der Waals surface area contributed by atoms with Gasteiger partial charge in [-0.2, -0.15) is 0 Å². The third-order valence-electron chi connectivity index (χ3n) is 4.55. The van der Waals surface area contributed by atoms with Gasteiger partial charge in [0.1, 0.15) is 11.6 Å². The number of nitrogens with one attached hydrogen (secondary N) is 2. The number of halogens is 1. The third kappa shape index (κ3) is 4.13. The summed E-state index contributed by atoms with van der Waals surface area (Å²) < 4.78 is 24.4. The number of rotatable bonds is 5. The fourth-order valence-electron chi connectivity index (χ4n) is 3.25. The fourth-order valence-corrected chi connectivity index (χ4v) is 4.36. The lowest BCUT2D eigenvalue weighted by atomic mass is 10.1. The monoisotopic (exact) mass is 402 g/mol. The van der Waals surface area contributed by atoms with Crippen LogP contribution in [0.2, 0.25) is 0 Å². The molecule has 2 aliphatic rings. The minimum Gasteiger partial charge on any atom is -0.467 e. The summed E-state index contributed by atoms with van der Waals surface area (Å²) in [6.45, 7) is 0.768. The van der Waals surface area contributed by atoms with Crippen LogP contribution in [0, 0.1) is 5.82 Å². The lowest BCUT2D eigenvalue weighted by molar-refractivity contribution is -0.124. The van der Waals surface area contributed by atoms with Crippen LogP contribution in [-0.4, -0.2) is 30.4 Å². The van der Waals surface area contributed by atoms with E-state index in [-0.39, 0.29) is 30.8 Å². The van der Waals surface area contributed by atoms with Gasteiger partial charge in [-0.1, -0.05) is 12.1 Å². The van der Waals surface area contributed by atoms with Gasteiger partial charge in [-0.05, 0) is 36.2 Å². The lowest BCUT2D eigenvalue weighted by Crippen LogP contribution is -2.35. The predicted octanol–water partition coefficient (Wildman–Crippen LogP) is 2.85. The van der Waals surface area contributed by atoms with Gasteiger partial charge in [-0.15, -0.1) is 11.8 Å². The molecule has 0 bridgehead atoms. The van der Waals surface area contributed by atoms with E-state index in [1.807, 2.05) is 24.3 Å². The van der Waals surface area contributed by atoms with E-state index in [9.17, 15) is 14.0 Å². The van der Waals surface area contributed by atoms with Crippen LogP contribution in [0.5, 0.6) is 5.75 Å². The Kier molecular flexibility index (Phi) is 5.50. The third-order valence-corrected chi connectivity index (χ3v) is 5.82. The van der Waals surface area contributed by atoms with E-state index in [0.717, 1.165) is 10.6 Å². The molecule has 1 atom stereocenters. The SMILES string of the molecule is O=C(CC1Sc2ccccc2NC1=O)NCCc1cc(F)cc2c1OCOC2. The summed E-state index contributed by atoms with van der Waals surface area (Å²) in [6, 6.07) is 10.3. The summed E-state index contributed by atoms with van der Waals surface area (Å²) in [4.78, 5) is 25.4. The number of anilines is 1. The van der Waals surface area contributed by atoms with Gasteiger partial charge in [-0.3, -0.25) is 9.59 Å². The number of carbonyl (C=O) groups is 2. The molecule has 0 saturated heterocycles. The minimum atomic E-state index is -0.475. The first-order valence-corrected chi connectivity index (χ1v) is 9.83. The van der Waals surface area contributed by atoms with Crippen molar-refractivity contribution in [2.24, 2.45) is 0 Å². The normalized spacial score (nSPS) is 17.8. The highest BCUT2D eigenvalue weighted by Gasteiger charge is 2.28. The van der Waals surface area contributed by atoms with Crippen molar-refractivity contribution in [3.8, 4) is 5.75 Å². The van der Waals surface area contributed by atoms with E-state index in [4.69, 9.17) is 9.47 Å². The zero-order valence-corrected chi connectivity index (χ0v) is 15.8. The van der Waals surface area contributed by atoms with Crippen LogP contribution >= 0.6 is 11.8 Å². The Morgan fingerprint density at radius 1 is 1.32 bits per heavy atom. The zero-order chi connectivity index (χ0) is 19.5. The number of para-hydroxylation sites is 1. The first-order valence-electron chi connectivity index (χ1n) is 8.95. The van der Waals surface area contributed by atoms with Crippen LogP contribution in [-0.2, 0) is 27.4 Å². The maximum absolute atomic E-state index is 13.8. The molecule has 8 heteroatoms. The molecule has 2 aromatic rings. The van der Waals surface area contributed by atoms with Crippen molar-refractivity contribution < 1.29 is 23.5 Å². The molecule has 0 aromatic heterocycles. The van der Waals surface area contributed by atoms with E-state index in [0.29, 0.717) is 36.4 Å². The molecule has 2 aliphatic heterocycles. The highest BCUT2D eigenvalue weighted by Crippen LogP contribution is 2.36. The fraction of sp³-hybridized carbons (Fsp3) is 0.300. The summed E-state index contributed by atoms with van der Waals surface area (Å²) in [5, 5.41) is 5.16. The molecule has 0 spiro atoms. The molecule has 2 N–H and O–H groups in total. The van der Waals surface area contributed by atoms with Gasteiger partial charge in [0.2, 0.25) is 11.8 Å². The molecule has 1 unspecified atom stereocenters. The average Bonchev–Trinajstić information content (AvgIpc) is 2.68. The predicted molar refractivity (Wildman–Crippen MR) is 103 cm³/mol. The summed E-state index contributed by atoms with van der Waals surface area (Å²) in [5.74, 6) is -0.128. The largest absolute Gasteiger partial charge is 0.467 e. The van der Waals surface area contributed by atoms with Crippen molar-refractivity contribution in [2.75, 3.05) is 18.7 Å². The van der Waals surface area contributed by atoms with E-state index >= 15 is 0 Å².